The molecule has 1 aromatic rings. The van der Waals surface area contributed by atoms with Gasteiger partial charge in [-0.1, -0.05) is 6.92 Å². The van der Waals surface area contributed by atoms with Crippen molar-refractivity contribution in [1.29, 1.82) is 0 Å². The molecule has 0 radical (unpaired) electrons. The minimum absolute atomic E-state index is 0.176. The number of methoxy groups -OCH3 is 1. The molecule has 0 aromatic heterocycles. The van der Waals surface area contributed by atoms with Crippen molar-refractivity contribution in [3.8, 4) is 5.75 Å². The molecule has 2 N–H and O–H groups in total. The molecule has 0 saturated heterocycles. The molecular formula is C10H16N2O3S. The Balaban J connectivity index is 3.21. The lowest BCUT2D eigenvalue weighted by atomic mass is 10.3. The van der Waals surface area contributed by atoms with Crippen LogP contribution in [0.25, 0.3) is 0 Å². The Labute approximate surface area is 95.9 Å². The van der Waals surface area contributed by atoms with Gasteiger partial charge in [0, 0.05) is 13.6 Å². The van der Waals surface area contributed by atoms with Crippen molar-refractivity contribution in [3.05, 3.63) is 18.2 Å². The highest BCUT2D eigenvalue weighted by Crippen LogP contribution is 2.25. The van der Waals surface area contributed by atoms with Crippen LogP contribution in [0, 0.1) is 0 Å². The third kappa shape index (κ3) is 2.28. The van der Waals surface area contributed by atoms with E-state index in [2.05, 4.69) is 0 Å². The summed E-state index contributed by atoms with van der Waals surface area (Å²) in [4.78, 5) is 0.176. The van der Waals surface area contributed by atoms with Gasteiger partial charge in [0.25, 0.3) is 0 Å². The topological polar surface area (TPSA) is 72.6 Å². The molecular weight excluding hydrogens is 228 g/mol. The molecule has 0 aliphatic carbocycles. The summed E-state index contributed by atoms with van der Waals surface area (Å²) in [6.45, 7) is 2.18. The first-order valence-electron chi connectivity index (χ1n) is 4.83. The number of ether oxygens (including phenoxy) is 1. The van der Waals surface area contributed by atoms with Crippen LogP contribution < -0.4 is 10.5 Å². The van der Waals surface area contributed by atoms with Crippen LogP contribution in [-0.4, -0.2) is 33.4 Å². The van der Waals surface area contributed by atoms with Crippen LogP contribution in [0.3, 0.4) is 0 Å². The Kier molecular flexibility index (Phi) is 3.77. The van der Waals surface area contributed by atoms with Crippen molar-refractivity contribution in [2.75, 3.05) is 26.4 Å². The SMILES string of the molecule is CCN(C)S(=O)(=O)c1ccc(OC)c(N)c1. The zero-order chi connectivity index (χ0) is 12.3. The molecule has 0 fully saturated rings. The lowest BCUT2D eigenvalue weighted by Crippen LogP contribution is -2.26. The Morgan fingerprint density at radius 2 is 2.06 bits per heavy atom. The van der Waals surface area contributed by atoms with E-state index >= 15 is 0 Å². The number of hydrogen-bond acceptors (Lipinski definition) is 4. The van der Waals surface area contributed by atoms with Crippen LogP contribution in [0.2, 0.25) is 0 Å². The number of nitrogens with two attached hydrogens (primary N) is 1. The van der Waals surface area contributed by atoms with Gasteiger partial charge < -0.3 is 10.5 Å². The van der Waals surface area contributed by atoms with E-state index < -0.39 is 10.0 Å². The van der Waals surface area contributed by atoms with Gasteiger partial charge in [0.2, 0.25) is 10.0 Å². The van der Waals surface area contributed by atoms with E-state index in [1.807, 2.05) is 0 Å². The first-order chi connectivity index (χ1) is 7.43. The number of rotatable bonds is 4. The minimum Gasteiger partial charge on any atom is -0.495 e. The Hall–Kier alpha value is -1.27. The summed E-state index contributed by atoms with van der Waals surface area (Å²) in [6, 6.07) is 4.43. The molecule has 0 bridgehead atoms. The van der Waals surface area contributed by atoms with E-state index in [1.54, 1.807) is 13.0 Å². The molecule has 0 spiro atoms. The summed E-state index contributed by atoms with van der Waals surface area (Å²) < 4.78 is 30.1. The molecule has 0 amide bonds. The Bertz CT molecular complexity index is 471. The summed E-state index contributed by atoms with van der Waals surface area (Å²) >= 11 is 0. The van der Waals surface area contributed by atoms with Crippen molar-refractivity contribution >= 4 is 15.7 Å². The van der Waals surface area contributed by atoms with Crippen molar-refractivity contribution in [3.63, 3.8) is 0 Å². The van der Waals surface area contributed by atoms with E-state index in [1.165, 1.54) is 30.6 Å². The lowest BCUT2D eigenvalue weighted by molar-refractivity contribution is 0.416. The van der Waals surface area contributed by atoms with Gasteiger partial charge in [0.1, 0.15) is 5.75 Å². The fraction of sp³-hybridized carbons (Fsp3) is 0.400. The highest BCUT2D eigenvalue weighted by Gasteiger charge is 2.19. The van der Waals surface area contributed by atoms with Gasteiger partial charge in [-0.2, -0.15) is 0 Å². The number of sulfonamides is 1. The first-order valence-corrected chi connectivity index (χ1v) is 6.27. The van der Waals surface area contributed by atoms with Crippen LogP contribution >= 0.6 is 0 Å². The van der Waals surface area contributed by atoms with Gasteiger partial charge in [-0.25, -0.2) is 12.7 Å². The molecule has 0 unspecified atom stereocenters. The summed E-state index contributed by atoms with van der Waals surface area (Å²) in [5.74, 6) is 0.470. The van der Waals surface area contributed by atoms with Crippen molar-refractivity contribution in [2.24, 2.45) is 0 Å². The summed E-state index contributed by atoms with van der Waals surface area (Å²) in [6.07, 6.45) is 0. The van der Waals surface area contributed by atoms with E-state index in [0.29, 0.717) is 18.0 Å². The molecule has 0 aliphatic heterocycles. The fourth-order valence-corrected chi connectivity index (χ4v) is 2.44. The Morgan fingerprint density at radius 1 is 1.44 bits per heavy atom. The van der Waals surface area contributed by atoms with Crippen LogP contribution in [0.4, 0.5) is 5.69 Å². The van der Waals surface area contributed by atoms with Gasteiger partial charge in [-0.3, -0.25) is 0 Å². The fourth-order valence-electron chi connectivity index (χ4n) is 1.22. The van der Waals surface area contributed by atoms with Gasteiger partial charge in [-0.15, -0.1) is 0 Å². The van der Waals surface area contributed by atoms with Gasteiger partial charge in [0.15, 0.2) is 0 Å². The zero-order valence-corrected chi connectivity index (χ0v) is 10.4. The largest absolute Gasteiger partial charge is 0.495 e. The number of nitrogen functional groups attached to an aromatic ring is 1. The summed E-state index contributed by atoms with van der Waals surface area (Å²) in [5, 5.41) is 0. The average Bonchev–Trinajstić information content (AvgIpc) is 2.27. The second kappa shape index (κ2) is 4.71. The van der Waals surface area contributed by atoms with Crippen LogP contribution in [-0.2, 0) is 10.0 Å². The van der Waals surface area contributed by atoms with Crippen LogP contribution in [0.15, 0.2) is 23.1 Å². The van der Waals surface area contributed by atoms with Crippen molar-refractivity contribution in [1.82, 2.24) is 4.31 Å². The highest BCUT2D eigenvalue weighted by molar-refractivity contribution is 7.89. The molecule has 1 aromatic carbocycles. The molecule has 0 atom stereocenters. The van der Waals surface area contributed by atoms with Gasteiger partial charge in [0.05, 0.1) is 17.7 Å². The quantitative estimate of drug-likeness (QED) is 0.799. The third-order valence-corrected chi connectivity index (χ3v) is 4.28. The van der Waals surface area contributed by atoms with Gasteiger partial charge >= 0.3 is 0 Å². The number of anilines is 1. The average molecular weight is 244 g/mol. The molecule has 0 aliphatic rings. The van der Waals surface area contributed by atoms with Crippen LogP contribution in [0.1, 0.15) is 6.92 Å². The molecule has 0 saturated carbocycles. The molecule has 1 rings (SSSR count). The monoisotopic (exact) mass is 244 g/mol. The van der Waals surface area contributed by atoms with E-state index in [4.69, 9.17) is 10.5 Å². The predicted octanol–water partition coefficient (Wildman–Crippen LogP) is 0.918. The van der Waals surface area contributed by atoms with E-state index in [0.717, 1.165) is 0 Å². The maximum absolute atomic E-state index is 11.9. The number of nitrogens with zero attached hydrogens (tertiary/aromatic N) is 1. The normalized spacial score (nSPS) is 11.8. The van der Waals surface area contributed by atoms with E-state index in [-0.39, 0.29) is 4.90 Å². The second-order valence-electron chi connectivity index (χ2n) is 3.32. The molecule has 5 nitrogen and oxygen atoms in total. The smallest absolute Gasteiger partial charge is 0.242 e. The van der Waals surface area contributed by atoms with Crippen LogP contribution in [0.5, 0.6) is 5.75 Å². The number of benzene rings is 1. The Morgan fingerprint density at radius 3 is 2.50 bits per heavy atom. The summed E-state index contributed by atoms with van der Waals surface area (Å²) in [5.41, 5.74) is 5.98. The summed E-state index contributed by atoms with van der Waals surface area (Å²) in [7, 11) is -0.431. The minimum atomic E-state index is -3.44. The zero-order valence-electron chi connectivity index (χ0n) is 9.60. The first kappa shape index (κ1) is 12.8. The molecule has 0 heterocycles. The second-order valence-corrected chi connectivity index (χ2v) is 5.37. The van der Waals surface area contributed by atoms with Crippen molar-refractivity contribution in [2.45, 2.75) is 11.8 Å². The van der Waals surface area contributed by atoms with Crippen molar-refractivity contribution < 1.29 is 13.2 Å². The molecule has 90 valence electrons. The highest BCUT2D eigenvalue weighted by atomic mass is 32.2. The molecule has 16 heavy (non-hydrogen) atoms. The van der Waals surface area contributed by atoms with E-state index in [9.17, 15) is 8.42 Å². The standard InChI is InChI=1S/C10H16N2O3S/c1-4-12(2)16(13,14)8-5-6-10(15-3)9(11)7-8/h5-7H,4,11H2,1-3H3. The number of hydrogen-bond donors (Lipinski definition) is 1. The van der Waals surface area contributed by atoms with Gasteiger partial charge in [-0.05, 0) is 18.2 Å². The lowest BCUT2D eigenvalue weighted by Gasteiger charge is -2.15. The predicted molar refractivity (Wildman–Crippen MR) is 62.9 cm³/mol. The molecule has 6 heteroatoms. The maximum Gasteiger partial charge on any atom is 0.242 e. The maximum atomic E-state index is 11.9. The third-order valence-electron chi connectivity index (χ3n) is 2.35.